The lowest BCUT2D eigenvalue weighted by Crippen LogP contribution is -2.29. The van der Waals surface area contributed by atoms with Crippen molar-refractivity contribution in [3.63, 3.8) is 0 Å². The number of hydrogen-bond donors (Lipinski definition) is 1. The van der Waals surface area contributed by atoms with Crippen molar-refractivity contribution in [3.05, 3.63) is 76.1 Å². The molecular formula is C26H26N2O5. The van der Waals surface area contributed by atoms with Crippen LogP contribution in [0.3, 0.4) is 0 Å². The highest BCUT2D eigenvalue weighted by molar-refractivity contribution is 6.01. The van der Waals surface area contributed by atoms with E-state index in [9.17, 15) is 4.79 Å². The minimum atomic E-state index is -0.326. The molecule has 170 valence electrons. The summed E-state index contributed by atoms with van der Waals surface area (Å²) in [5.41, 5.74) is 5.23. The smallest absolute Gasteiger partial charge is 0.233 e. The van der Waals surface area contributed by atoms with Crippen LogP contribution in [0.2, 0.25) is 0 Å². The molecule has 2 aromatic carbocycles. The highest BCUT2D eigenvalue weighted by Crippen LogP contribution is 2.51. The van der Waals surface area contributed by atoms with Gasteiger partial charge in [0.2, 0.25) is 5.88 Å². The third-order valence-corrected chi connectivity index (χ3v) is 6.60. The van der Waals surface area contributed by atoms with Crippen molar-refractivity contribution in [1.29, 1.82) is 0 Å². The zero-order valence-electron chi connectivity index (χ0n) is 19.1. The molecule has 0 unspecified atom stereocenters. The molecule has 2 heterocycles. The van der Waals surface area contributed by atoms with Crippen LogP contribution < -0.4 is 19.5 Å². The van der Waals surface area contributed by atoms with E-state index >= 15 is 0 Å². The fourth-order valence-electron chi connectivity index (χ4n) is 4.95. The van der Waals surface area contributed by atoms with Gasteiger partial charge in [-0.1, -0.05) is 23.4 Å². The molecule has 0 radical (unpaired) electrons. The van der Waals surface area contributed by atoms with E-state index in [1.807, 2.05) is 49.4 Å². The van der Waals surface area contributed by atoms with Gasteiger partial charge in [-0.15, -0.1) is 0 Å². The van der Waals surface area contributed by atoms with E-state index in [0.717, 1.165) is 39.4 Å². The summed E-state index contributed by atoms with van der Waals surface area (Å²) in [6.07, 6.45) is 1.13. The molecule has 2 aliphatic rings. The molecule has 2 atom stereocenters. The molecule has 1 aliphatic heterocycles. The summed E-state index contributed by atoms with van der Waals surface area (Å²) in [6.45, 7) is 1.89. The van der Waals surface area contributed by atoms with Crippen molar-refractivity contribution in [2.75, 3.05) is 26.6 Å². The van der Waals surface area contributed by atoms with Gasteiger partial charge in [0.05, 0.1) is 38.5 Å². The molecule has 5 rings (SSSR count). The van der Waals surface area contributed by atoms with Crippen LogP contribution in [0, 0.1) is 6.92 Å². The normalized spacial score (nSPS) is 19.5. The summed E-state index contributed by atoms with van der Waals surface area (Å²) >= 11 is 0. The van der Waals surface area contributed by atoms with E-state index in [1.54, 1.807) is 21.3 Å². The summed E-state index contributed by atoms with van der Waals surface area (Å²) in [4.78, 5) is 13.6. The van der Waals surface area contributed by atoms with Gasteiger partial charge in [0.15, 0.2) is 5.78 Å². The van der Waals surface area contributed by atoms with E-state index in [-0.39, 0.29) is 17.6 Å². The number of fused-ring (bicyclic) bond motifs is 1. The van der Waals surface area contributed by atoms with Crippen LogP contribution in [-0.4, -0.2) is 32.3 Å². The molecular weight excluding hydrogens is 420 g/mol. The Kier molecular flexibility index (Phi) is 5.32. The summed E-state index contributed by atoms with van der Waals surface area (Å²) in [6, 6.07) is 13.6. The Hall–Kier alpha value is -3.74. The van der Waals surface area contributed by atoms with E-state index in [1.165, 1.54) is 0 Å². The van der Waals surface area contributed by atoms with Crippen molar-refractivity contribution in [1.82, 2.24) is 5.16 Å². The second-order valence-electron chi connectivity index (χ2n) is 8.37. The van der Waals surface area contributed by atoms with Gasteiger partial charge in [0.1, 0.15) is 17.2 Å². The Morgan fingerprint density at radius 1 is 0.970 bits per heavy atom. The van der Waals surface area contributed by atoms with Crippen LogP contribution in [0.1, 0.15) is 47.1 Å². The molecule has 0 saturated heterocycles. The molecule has 0 bridgehead atoms. The number of methoxy groups -OCH3 is 3. The van der Waals surface area contributed by atoms with Gasteiger partial charge in [0, 0.05) is 29.3 Å². The number of allylic oxidation sites excluding steroid dienone is 2. The van der Waals surface area contributed by atoms with E-state index < -0.39 is 0 Å². The Morgan fingerprint density at radius 3 is 2.39 bits per heavy atom. The highest BCUT2D eigenvalue weighted by Gasteiger charge is 2.42. The minimum absolute atomic E-state index is 0.0682. The maximum Gasteiger partial charge on any atom is 0.233 e. The van der Waals surface area contributed by atoms with Crippen molar-refractivity contribution < 1.29 is 23.5 Å². The zero-order valence-corrected chi connectivity index (χ0v) is 19.1. The number of benzene rings is 2. The molecule has 3 aromatic rings. The van der Waals surface area contributed by atoms with Crippen LogP contribution in [0.25, 0.3) is 0 Å². The van der Waals surface area contributed by atoms with Crippen molar-refractivity contribution in [2.45, 2.75) is 31.6 Å². The van der Waals surface area contributed by atoms with Gasteiger partial charge in [-0.3, -0.25) is 4.79 Å². The predicted octanol–water partition coefficient (Wildman–Crippen LogP) is 4.97. The van der Waals surface area contributed by atoms with Crippen LogP contribution in [0.4, 0.5) is 5.88 Å². The lowest BCUT2D eigenvalue weighted by Gasteiger charge is -2.35. The molecule has 0 spiro atoms. The number of Topliss-reactive ketones (excluding diaryl/α,β-unsaturated/α-hetero) is 1. The molecule has 0 fully saturated rings. The molecule has 7 nitrogen and oxygen atoms in total. The van der Waals surface area contributed by atoms with Crippen LogP contribution in [-0.2, 0) is 4.79 Å². The first-order valence-corrected chi connectivity index (χ1v) is 10.9. The van der Waals surface area contributed by atoms with Gasteiger partial charge in [-0.05, 0) is 43.0 Å². The van der Waals surface area contributed by atoms with Crippen molar-refractivity contribution in [2.24, 2.45) is 0 Å². The number of aryl methyl sites for hydroxylation is 1. The standard InChI is InChI=1S/C26H26N2O5/c1-14-23-24(19-10-9-18(31-3)13-22(19)32-4)25-20(27-26(23)33-28-14)11-16(12-21(25)29)15-5-7-17(30-2)8-6-15/h5-10,13,16,24,27H,11-12H2,1-4H3/t16-,24+/m0/s1. The number of carbonyl (C=O) groups excluding carboxylic acids is 1. The molecule has 7 heteroatoms. The van der Waals surface area contributed by atoms with Crippen molar-refractivity contribution in [3.8, 4) is 17.2 Å². The number of nitrogens with one attached hydrogen (secondary N) is 1. The Balaban J connectivity index is 1.61. The number of nitrogens with zero attached hydrogens (tertiary/aromatic N) is 1. The third-order valence-electron chi connectivity index (χ3n) is 6.60. The summed E-state index contributed by atoms with van der Waals surface area (Å²) in [5, 5.41) is 7.56. The van der Waals surface area contributed by atoms with E-state index in [4.69, 9.17) is 18.7 Å². The average molecular weight is 447 g/mol. The van der Waals surface area contributed by atoms with Gasteiger partial charge in [-0.25, -0.2) is 0 Å². The number of ether oxygens (including phenoxy) is 3. The first kappa shape index (κ1) is 21.1. The van der Waals surface area contributed by atoms with Gasteiger partial charge in [0.25, 0.3) is 0 Å². The minimum Gasteiger partial charge on any atom is -0.497 e. The van der Waals surface area contributed by atoms with E-state index in [2.05, 4.69) is 10.5 Å². The van der Waals surface area contributed by atoms with Crippen LogP contribution in [0.15, 0.2) is 58.3 Å². The molecule has 0 amide bonds. The van der Waals surface area contributed by atoms with Crippen molar-refractivity contribution >= 4 is 11.7 Å². The van der Waals surface area contributed by atoms with Gasteiger partial charge < -0.3 is 24.1 Å². The summed E-state index contributed by atoms with van der Waals surface area (Å²) < 4.78 is 22.0. The first-order valence-electron chi connectivity index (χ1n) is 10.9. The maximum absolute atomic E-state index is 13.6. The predicted molar refractivity (Wildman–Crippen MR) is 123 cm³/mol. The molecule has 0 saturated carbocycles. The Labute approximate surface area is 192 Å². The maximum atomic E-state index is 13.6. The number of aromatic nitrogens is 1. The molecule has 33 heavy (non-hydrogen) atoms. The number of anilines is 1. The van der Waals surface area contributed by atoms with Crippen LogP contribution in [0.5, 0.6) is 17.2 Å². The molecule has 1 aliphatic carbocycles. The Bertz CT molecular complexity index is 1240. The topological polar surface area (TPSA) is 82.8 Å². The number of ketones is 1. The fraction of sp³-hybridized carbons (Fsp3) is 0.308. The van der Waals surface area contributed by atoms with Gasteiger partial charge in [-0.2, -0.15) is 0 Å². The van der Waals surface area contributed by atoms with E-state index in [0.29, 0.717) is 30.2 Å². The van der Waals surface area contributed by atoms with Gasteiger partial charge >= 0.3 is 0 Å². The lowest BCUT2D eigenvalue weighted by molar-refractivity contribution is -0.116. The average Bonchev–Trinajstić information content (AvgIpc) is 3.22. The number of hydrogen-bond acceptors (Lipinski definition) is 7. The molecule has 1 N–H and O–H groups in total. The summed E-state index contributed by atoms with van der Waals surface area (Å²) in [5.74, 6) is 2.58. The molecule has 1 aromatic heterocycles. The lowest BCUT2D eigenvalue weighted by atomic mass is 9.72. The second kappa shape index (κ2) is 8.31. The largest absolute Gasteiger partial charge is 0.497 e. The zero-order chi connectivity index (χ0) is 23.1. The first-order chi connectivity index (χ1) is 16.0. The second-order valence-corrected chi connectivity index (χ2v) is 8.37. The Morgan fingerprint density at radius 2 is 1.70 bits per heavy atom. The number of carbonyl (C=O) groups is 1. The number of rotatable bonds is 5. The quantitative estimate of drug-likeness (QED) is 0.593. The monoisotopic (exact) mass is 446 g/mol. The SMILES string of the molecule is COc1ccc([C@@H]2CC(=O)C3=C(C2)Nc2onc(C)c2[C@H]3c2ccc(OC)cc2OC)cc1. The highest BCUT2D eigenvalue weighted by atomic mass is 16.5. The van der Waals surface area contributed by atoms with Crippen LogP contribution >= 0.6 is 0 Å². The summed E-state index contributed by atoms with van der Waals surface area (Å²) in [7, 11) is 4.89. The fourth-order valence-corrected chi connectivity index (χ4v) is 4.95. The third kappa shape index (κ3) is 3.53.